The van der Waals surface area contributed by atoms with Gasteiger partial charge in [-0.3, -0.25) is 0 Å². The van der Waals surface area contributed by atoms with Crippen molar-refractivity contribution in [3.05, 3.63) is 71.8 Å². The zero-order valence-corrected chi connectivity index (χ0v) is 16.3. The summed E-state index contributed by atoms with van der Waals surface area (Å²) in [6.45, 7) is 14.4. The summed E-state index contributed by atoms with van der Waals surface area (Å²) in [7, 11) is 0. The minimum atomic E-state index is 0.124. The van der Waals surface area contributed by atoms with Crippen molar-refractivity contribution < 1.29 is 0 Å². The smallest absolute Gasteiger partial charge is 0.00725 e. The van der Waals surface area contributed by atoms with Crippen LogP contribution in [0.2, 0.25) is 0 Å². The van der Waals surface area contributed by atoms with Crippen molar-refractivity contribution in [1.82, 2.24) is 0 Å². The molecule has 2 rings (SSSR count). The van der Waals surface area contributed by atoms with E-state index in [-0.39, 0.29) is 10.8 Å². The minimum Gasteiger partial charge on any atom is -0.0645 e. The Labute approximate surface area is 149 Å². The lowest BCUT2D eigenvalue weighted by Crippen LogP contribution is -2.55. The SMILES string of the molecule is CC[C@](c1ccccc1)(C(C)C)[C@](CC)(c1ccccc1)C(C)C. The Morgan fingerprint density at radius 3 is 1.08 bits per heavy atom. The van der Waals surface area contributed by atoms with Crippen LogP contribution in [0.4, 0.5) is 0 Å². The normalized spacial score (nSPS) is 16.8. The third kappa shape index (κ3) is 2.70. The summed E-state index contributed by atoms with van der Waals surface area (Å²) in [5, 5.41) is 0. The van der Waals surface area contributed by atoms with Crippen LogP contribution in [-0.4, -0.2) is 0 Å². The molecule has 130 valence electrons. The van der Waals surface area contributed by atoms with Crippen molar-refractivity contribution >= 4 is 0 Å². The van der Waals surface area contributed by atoms with E-state index in [0.29, 0.717) is 11.8 Å². The highest BCUT2D eigenvalue weighted by atomic mass is 14.6. The predicted octanol–water partition coefficient (Wildman–Crippen LogP) is 6.99. The van der Waals surface area contributed by atoms with E-state index in [1.165, 1.54) is 11.1 Å². The van der Waals surface area contributed by atoms with Crippen LogP contribution >= 0.6 is 0 Å². The first-order valence-electron chi connectivity index (χ1n) is 9.58. The van der Waals surface area contributed by atoms with Gasteiger partial charge in [-0.05, 0) is 35.8 Å². The molecule has 24 heavy (non-hydrogen) atoms. The second kappa shape index (κ2) is 7.55. The third-order valence-corrected chi connectivity index (χ3v) is 6.46. The molecule has 0 aliphatic rings. The maximum Gasteiger partial charge on any atom is 0.00725 e. The van der Waals surface area contributed by atoms with Crippen LogP contribution in [0, 0.1) is 11.8 Å². The molecule has 2 aromatic rings. The van der Waals surface area contributed by atoms with Crippen molar-refractivity contribution in [3.8, 4) is 0 Å². The second-order valence-electron chi connectivity index (χ2n) is 7.69. The Hall–Kier alpha value is -1.56. The molecule has 0 unspecified atom stereocenters. The number of rotatable bonds is 7. The molecule has 0 fully saturated rings. The van der Waals surface area contributed by atoms with Crippen LogP contribution in [0.3, 0.4) is 0 Å². The van der Waals surface area contributed by atoms with Gasteiger partial charge in [0.05, 0.1) is 0 Å². The van der Waals surface area contributed by atoms with E-state index >= 15 is 0 Å². The predicted molar refractivity (Wildman–Crippen MR) is 106 cm³/mol. The van der Waals surface area contributed by atoms with Gasteiger partial charge in [0.15, 0.2) is 0 Å². The molecule has 0 aliphatic carbocycles. The van der Waals surface area contributed by atoms with Crippen LogP contribution in [0.5, 0.6) is 0 Å². The molecular formula is C24H34. The molecule has 0 nitrogen and oxygen atoms in total. The molecule has 0 saturated carbocycles. The molecule has 0 radical (unpaired) electrons. The van der Waals surface area contributed by atoms with Crippen LogP contribution < -0.4 is 0 Å². The van der Waals surface area contributed by atoms with Gasteiger partial charge in [0.1, 0.15) is 0 Å². The fourth-order valence-electron chi connectivity index (χ4n) is 5.54. The van der Waals surface area contributed by atoms with Gasteiger partial charge in [-0.15, -0.1) is 0 Å². The Balaban J connectivity index is 2.86. The lowest BCUT2D eigenvalue weighted by Gasteiger charge is -2.56. The average molecular weight is 323 g/mol. The van der Waals surface area contributed by atoms with E-state index in [2.05, 4.69) is 102 Å². The zero-order valence-electron chi connectivity index (χ0n) is 16.3. The van der Waals surface area contributed by atoms with Crippen molar-refractivity contribution in [2.24, 2.45) is 11.8 Å². The quantitative estimate of drug-likeness (QED) is 0.515. The van der Waals surface area contributed by atoms with E-state index in [4.69, 9.17) is 0 Å². The summed E-state index contributed by atoms with van der Waals surface area (Å²) in [4.78, 5) is 0. The Bertz CT molecular complexity index is 554. The van der Waals surface area contributed by atoms with E-state index in [1.807, 2.05) is 0 Å². The lowest BCUT2D eigenvalue weighted by atomic mass is 9.47. The molecule has 0 aliphatic heterocycles. The van der Waals surface area contributed by atoms with Gasteiger partial charge in [-0.25, -0.2) is 0 Å². The summed E-state index contributed by atoms with van der Waals surface area (Å²) < 4.78 is 0. The summed E-state index contributed by atoms with van der Waals surface area (Å²) in [6.07, 6.45) is 2.30. The molecule has 2 atom stereocenters. The highest BCUT2D eigenvalue weighted by Gasteiger charge is 2.54. The van der Waals surface area contributed by atoms with E-state index in [0.717, 1.165) is 12.8 Å². The van der Waals surface area contributed by atoms with Crippen LogP contribution in [0.15, 0.2) is 60.7 Å². The van der Waals surface area contributed by atoms with Crippen LogP contribution in [0.25, 0.3) is 0 Å². The summed E-state index contributed by atoms with van der Waals surface area (Å²) >= 11 is 0. The monoisotopic (exact) mass is 322 g/mol. The highest BCUT2D eigenvalue weighted by Crippen LogP contribution is 2.56. The van der Waals surface area contributed by atoms with Gasteiger partial charge >= 0.3 is 0 Å². The fourth-order valence-corrected chi connectivity index (χ4v) is 5.54. The summed E-state index contributed by atoms with van der Waals surface area (Å²) in [5.74, 6) is 1.12. The number of hydrogen-bond donors (Lipinski definition) is 0. The minimum absolute atomic E-state index is 0.124. The van der Waals surface area contributed by atoms with Crippen molar-refractivity contribution in [2.45, 2.75) is 65.2 Å². The standard InChI is InChI=1S/C24H34/c1-7-23(19(3)4,21-15-11-9-12-16-21)24(8-2,20(5)6)22-17-13-10-14-18-22/h9-20H,7-8H2,1-6H3/t23-,24+. The maximum absolute atomic E-state index is 2.41. The first-order valence-corrected chi connectivity index (χ1v) is 9.58. The Morgan fingerprint density at radius 2 is 0.875 bits per heavy atom. The fraction of sp³-hybridized carbons (Fsp3) is 0.500. The van der Waals surface area contributed by atoms with Crippen LogP contribution in [0.1, 0.15) is 65.5 Å². The van der Waals surface area contributed by atoms with E-state index in [1.54, 1.807) is 0 Å². The lowest BCUT2D eigenvalue weighted by molar-refractivity contribution is 0.0863. The molecule has 2 aromatic carbocycles. The average Bonchev–Trinajstić information content (AvgIpc) is 2.60. The van der Waals surface area contributed by atoms with E-state index in [9.17, 15) is 0 Å². The molecule has 0 spiro atoms. The van der Waals surface area contributed by atoms with Crippen molar-refractivity contribution in [1.29, 1.82) is 0 Å². The molecule has 0 N–H and O–H groups in total. The Kier molecular flexibility index (Phi) is 5.91. The van der Waals surface area contributed by atoms with Gasteiger partial charge in [-0.1, -0.05) is 102 Å². The van der Waals surface area contributed by atoms with E-state index < -0.39 is 0 Å². The zero-order chi connectivity index (χ0) is 17.8. The topological polar surface area (TPSA) is 0 Å². The van der Waals surface area contributed by atoms with Gasteiger partial charge in [0.25, 0.3) is 0 Å². The second-order valence-corrected chi connectivity index (χ2v) is 7.69. The van der Waals surface area contributed by atoms with Gasteiger partial charge in [-0.2, -0.15) is 0 Å². The van der Waals surface area contributed by atoms with Crippen molar-refractivity contribution in [3.63, 3.8) is 0 Å². The molecule has 0 aromatic heterocycles. The molecule has 0 heteroatoms. The maximum atomic E-state index is 2.41. The van der Waals surface area contributed by atoms with Gasteiger partial charge in [0, 0.05) is 10.8 Å². The first kappa shape index (κ1) is 18.8. The largest absolute Gasteiger partial charge is 0.0645 e. The molecule has 0 amide bonds. The number of benzene rings is 2. The van der Waals surface area contributed by atoms with Gasteiger partial charge in [0.2, 0.25) is 0 Å². The summed E-state index contributed by atoms with van der Waals surface area (Å²) in [5.41, 5.74) is 3.22. The van der Waals surface area contributed by atoms with Crippen molar-refractivity contribution in [2.75, 3.05) is 0 Å². The number of hydrogen-bond acceptors (Lipinski definition) is 0. The summed E-state index contributed by atoms with van der Waals surface area (Å²) in [6, 6.07) is 22.5. The third-order valence-electron chi connectivity index (χ3n) is 6.46. The Morgan fingerprint density at radius 1 is 0.583 bits per heavy atom. The molecule has 0 bridgehead atoms. The molecule has 0 saturated heterocycles. The highest BCUT2D eigenvalue weighted by molar-refractivity contribution is 5.40. The van der Waals surface area contributed by atoms with Gasteiger partial charge < -0.3 is 0 Å². The first-order chi connectivity index (χ1) is 11.5. The van der Waals surface area contributed by atoms with Crippen LogP contribution in [-0.2, 0) is 10.8 Å². The molecular weight excluding hydrogens is 288 g/mol. The molecule has 0 heterocycles.